The third-order valence-electron chi connectivity index (χ3n) is 4.50. The van der Waals surface area contributed by atoms with Crippen LogP contribution < -0.4 is 5.32 Å². The number of aromatic hydroxyl groups is 2. The zero-order valence-electron chi connectivity index (χ0n) is 16.9. The van der Waals surface area contributed by atoms with Crippen molar-refractivity contribution in [2.45, 2.75) is 33.8 Å². The van der Waals surface area contributed by atoms with Gasteiger partial charge >= 0.3 is 5.97 Å². The molecule has 0 radical (unpaired) electrons. The number of aryl methyl sites for hydroxylation is 3. The van der Waals surface area contributed by atoms with Crippen molar-refractivity contribution in [1.82, 2.24) is 4.98 Å². The number of carbonyl (C=O) groups is 2. The number of carbonyl (C=O) groups excluding carboxylic acids is 2. The molecular weight excluding hydrogens is 404 g/mol. The van der Waals surface area contributed by atoms with Crippen molar-refractivity contribution >= 4 is 28.9 Å². The molecule has 0 saturated carbocycles. The number of nitrogens with zero attached hydrogens (tertiary/aromatic N) is 1. The highest BCUT2D eigenvalue weighted by Crippen LogP contribution is 2.32. The number of amides is 1. The molecule has 1 amide bonds. The molecule has 0 aliphatic heterocycles. The van der Waals surface area contributed by atoms with Gasteiger partial charge in [0.25, 0.3) is 0 Å². The second kappa shape index (κ2) is 8.96. The molecule has 0 spiro atoms. The normalized spacial score (nSPS) is 10.6. The number of thiazole rings is 1. The molecule has 0 fully saturated rings. The van der Waals surface area contributed by atoms with Crippen LogP contribution in [0.25, 0.3) is 0 Å². The number of anilines is 1. The second-order valence-corrected chi connectivity index (χ2v) is 7.92. The summed E-state index contributed by atoms with van der Waals surface area (Å²) in [6, 6.07) is 8.75. The van der Waals surface area contributed by atoms with E-state index in [4.69, 9.17) is 4.74 Å². The van der Waals surface area contributed by atoms with Crippen LogP contribution in [0.3, 0.4) is 0 Å². The molecule has 1 aromatic heterocycles. The number of benzene rings is 2. The lowest BCUT2D eigenvalue weighted by atomic mass is 10.1. The molecule has 3 N–H and O–H groups in total. The summed E-state index contributed by atoms with van der Waals surface area (Å²) in [5.41, 5.74) is 3.63. The van der Waals surface area contributed by atoms with Gasteiger partial charge in [-0.2, -0.15) is 0 Å². The van der Waals surface area contributed by atoms with Crippen LogP contribution in [0.1, 0.15) is 37.7 Å². The Hall–Kier alpha value is -3.39. The predicted molar refractivity (Wildman–Crippen MR) is 114 cm³/mol. The number of aromatic nitrogens is 1. The Bertz CT molecular complexity index is 1110. The molecule has 0 aliphatic rings. The summed E-state index contributed by atoms with van der Waals surface area (Å²) in [7, 11) is 0. The summed E-state index contributed by atoms with van der Waals surface area (Å²) >= 11 is 1.30. The van der Waals surface area contributed by atoms with Gasteiger partial charge in [0.2, 0.25) is 5.91 Å². The maximum atomic E-state index is 12.3. The van der Waals surface area contributed by atoms with E-state index >= 15 is 0 Å². The third kappa shape index (κ3) is 4.96. The van der Waals surface area contributed by atoms with E-state index in [0.717, 1.165) is 16.8 Å². The molecule has 7 nitrogen and oxygen atoms in total. The molecule has 0 atom stereocenters. The number of nitrogens with one attached hydrogen (secondary N) is 1. The molecule has 3 rings (SSSR count). The smallest absolute Gasteiger partial charge is 0.342 e. The molecule has 30 heavy (non-hydrogen) atoms. The second-order valence-electron chi connectivity index (χ2n) is 6.98. The average molecular weight is 426 g/mol. The minimum absolute atomic E-state index is 0.109. The van der Waals surface area contributed by atoms with Gasteiger partial charge in [-0.25, -0.2) is 9.78 Å². The molecule has 8 heteroatoms. The molecule has 0 bridgehead atoms. The van der Waals surface area contributed by atoms with Crippen LogP contribution in [0, 0.1) is 20.8 Å². The fourth-order valence-corrected chi connectivity index (χ4v) is 3.54. The summed E-state index contributed by atoms with van der Waals surface area (Å²) in [5.74, 6) is -1.82. The van der Waals surface area contributed by atoms with Crippen LogP contribution in [0.15, 0.2) is 35.7 Å². The van der Waals surface area contributed by atoms with Crippen LogP contribution in [-0.2, 0) is 22.6 Å². The van der Waals surface area contributed by atoms with Gasteiger partial charge in [0.15, 0.2) is 11.5 Å². The lowest BCUT2D eigenvalue weighted by molar-refractivity contribution is -0.115. The number of phenols is 2. The molecule has 1 heterocycles. The van der Waals surface area contributed by atoms with Gasteiger partial charge in [-0.3, -0.25) is 4.79 Å². The Morgan fingerprint density at radius 2 is 1.80 bits per heavy atom. The Labute approximate surface area is 178 Å². The van der Waals surface area contributed by atoms with Crippen LogP contribution >= 0.6 is 11.3 Å². The van der Waals surface area contributed by atoms with Gasteiger partial charge in [-0.05, 0) is 49.6 Å². The van der Waals surface area contributed by atoms with Crippen molar-refractivity contribution in [3.05, 3.63) is 68.7 Å². The van der Waals surface area contributed by atoms with Crippen molar-refractivity contribution in [2.24, 2.45) is 0 Å². The van der Waals surface area contributed by atoms with Gasteiger partial charge in [-0.15, -0.1) is 11.3 Å². The fourth-order valence-electron chi connectivity index (χ4n) is 2.76. The van der Waals surface area contributed by atoms with Crippen LogP contribution in [-0.4, -0.2) is 27.1 Å². The lowest BCUT2D eigenvalue weighted by Crippen LogP contribution is -2.15. The number of ether oxygens (including phenoxy) is 1. The topological polar surface area (TPSA) is 109 Å². The molecule has 156 valence electrons. The minimum Gasteiger partial charge on any atom is -0.504 e. The minimum atomic E-state index is -0.773. The van der Waals surface area contributed by atoms with Crippen molar-refractivity contribution in [2.75, 3.05) is 5.32 Å². The molecule has 0 aliphatic carbocycles. The zero-order valence-corrected chi connectivity index (χ0v) is 17.7. The first-order chi connectivity index (χ1) is 14.2. The fraction of sp³-hybridized carbons (Fsp3) is 0.227. The van der Waals surface area contributed by atoms with E-state index in [9.17, 15) is 19.8 Å². The van der Waals surface area contributed by atoms with E-state index in [1.54, 1.807) is 12.3 Å². The van der Waals surface area contributed by atoms with Gasteiger partial charge in [0.05, 0.1) is 12.1 Å². The molecule has 0 saturated heterocycles. The Balaban J connectivity index is 1.57. The predicted octanol–water partition coefficient (Wildman–Crippen LogP) is 4.02. The van der Waals surface area contributed by atoms with E-state index in [1.165, 1.54) is 23.5 Å². The number of hydrogen-bond donors (Lipinski definition) is 3. The van der Waals surface area contributed by atoms with Crippen LogP contribution in [0.5, 0.6) is 11.5 Å². The number of rotatable bonds is 6. The highest BCUT2D eigenvalue weighted by molar-refractivity contribution is 7.09. The summed E-state index contributed by atoms with van der Waals surface area (Å²) < 4.78 is 5.17. The summed E-state index contributed by atoms with van der Waals surface area (Å²) in [6.07, 6.45) is 0.110. The SMILES string of the molecule is Cc1ccc(C)c(NC(=O)Cc2nc(COC(=O)c3ccc(C)c(O)c3O)cs2)c1. The summed E-state index contributed by atoms with van der Waals surface area (Å²) in [4.78, 5) is 28.8. The van der Waals surface area contributed by atoms with Crippen molar-refractivity contribution in [3.63, 3.8) is 0 Å². The maximum Gasteiger partial charge on any atom is 0.342 e. The van der Waals surface area contributed by atoms with Crippen molar-refractivity contribution in [1.29, 1.82) is 0 Å². The first-order valence-corrected chi connectivity index (χ1v) is 10.1. The monoisotopic (exact) mass is 426 g/mol. The van der Waals surface area contributed by atoms with E-state index in [1.807, 2.05) is 32.0 Å². The van der Waals surface area contributed by atoms with Crippen LogP contribution in [0.2, 0.25) is 0 Å². The van der Waals surface area contributed by atoms with Crippen LogP contribution in [0.4, 0.5) is 5.69 Å². The summed E-state index contributed by atoms with van der Waals surface area (Å²) in [5, 5.41) is 24.8. The lowest BCUT2D eigenvalue weighted by Gasteiger charge is -2.08. The quantitative estimate of drug-likeness (QED) is 0.406. The van der Waals surface area contributed by atoms with E-state index in [2.05, 4.69) is 10.3 Å². The Kier molecular flexibility index (Phi) is 6.37. The van der Waals surface area contributed by atoms with Crippen molar-refractivity contribution < 1.29 is 24.5 Å². The molecule has 0 unspecified atom stereocenters. The first-order valence-electron chi connectivity index (χ1n) is 9.23. The standard InChI is InChI=1S/C22H22N2O5S/c1-12-4-5-13(2)17(8-12)24-18(25)9-19-23-15(11-30-19)10-29-22(28)16-7-6-14(3)20(26)21(16)27/h4-8,11,26-27H,9-10H2,1-3H3,(H,24,25). The van der Waals surface area contributed by atoms with Gasteiger partial charge in [0, 0.05) is 11.1 Å². The highest BCUT2D eigenvalue weighted by Gasteiger charge is 2.18. The zero-order chi connectivity index (χ0) is 21.8. The van der Waals surface area contributed by atoms with Gasteiger partial charge in [-0.1, -0.05) is 18.2 Å². The number of phenolic OH excluding ortho intramolecular Hbond substituents is 2. The van der Waals surface area contributed by atoms with Gasteiger partial charge in [0.1, 0.15) is 17.2 Å². The molecular formula is C22H22N2O5S. The van der Waals surface area contributed by atoms with Crippen molar-refractivity contribution in [3.8, 4) is 11.5 Å². The van der Waals surface area contributed by atoms with Gasteiger partial charge < -0.3 is 20.3 Å². The Morgan fingerprint density at radius 1 is 1.07 bits per heavy atom. The first kappa shape index (κ1) is 21.3. The largest absolute Gasteiger partial charge is 0.504 e. The highest BCUT2D eigenvalue weighted by atomic mass is 32.1. The number of esters is 1. The number of hydrogen-bond acceptors (Lipinski definition) is 7. The van der Waals surface area contributed by atoms with E-state index < -0.39 is 11.7 Å². The van der Waals surface area contributed by atoms with E-state index in [-0.39, 0.29) is 30.2 Å². The summed E-state index contributed by atoms with van der Waals surface area (Å²) in [6.45, 7) is 5.39. The Morgan fingerprint density at radius 3 is 2.57 bits per heavy atom. The average Bonchev–Trinajstić information content (AvgIpc) is 3.14. The third-order valence-corrected chi connectivity index (χ3v) is 5.40. The maximum absolute atomic E-state index is 12.3. The van der Waals surface area contributed by atoms with E-state index in [0.29, 0.717) is 16.3 Å². The molecule has 3 aromatic rings. The molecule has 2 aromatic carbocycles.